The van der Waals surface area contributed by atoms with E-state index in [4.69, 9.17) is 4.74 Å². The lowest BCUT2D eigenvalue weighted by Gasteiger charge is -2.41. The number of nitrogens with one attached hydrogen (secondary N) is 4. The van der Waals surface area contributed by atoms with Crippen LogP contribution in [0.4, 0.5) is 22.8 Å². The number of alkyl halides is 3. The molecule has 1 aromatic rings. The van der Waals surface area contributed by atoms with Crippen molar-refractivity contribution in [3.05, 3.63) is 34.9 Å². The Hall–Kier alpha value is -2.53. The van der Waals surface area contributed by atoms with Crippen molar-refractivity contribution in [1.29, 1.82) is 0 Å². The summed E-state index contributed by atoms with van der Waals surface area (Å²) in [5.41, 5.74) is -0.572. The first-order valence-corrected chi connectivity index (χ1v) is 11.1. The summed E-state index contributed by atoms with van der Waals surface area (Å²) in [5.74, 6) is -0.249. The smallest absolute Gasteiger partial charge is 0.369 e. The molecule has 3 aliphatic heterocycles. The second-order valence-corrected chi connectivity index (χ2v) is 9.80. The molecule has 3 aliphatic rings. The van der Waals surface area contributed by atoms with Gasteiger partial charge in [0.15, 0.2) is 0 Å². The van der Waals surface area contributed by atoms with Gasteiger partial charge in [0.25, 0.3) is 0 Å². The molecule has 0 radical (unpaired) electrons. The molecule has 0 spiro atoms. The summed E-state index contributed by atoms with van der Waals surface area (Å²) < 4.78 is 47.4. The molecule has 0 aliphatic carbocycles. The van der Waals surface area contributed by atoms with Crippen molar-refractivity contribution in [2.45, 2.75) is 69.7 Å². The highest BCUT2D eigenvalue weighted by molar-refractivity contribution is 5.77. The van der Waals surface area contributed by atoms with Crippen LogP contribution in [0.15, 0.2) is 18.2 Å². The van der Waals surface area contributed by atoms with E-state index in [1.54, 1.807) is 6.07 Å². The predicted molar refractivity (Wildman–Crippen MR) is 114 cm³/mol. The lowest BCUT2D eigenvalue weighted by molar-refractivity contribution is -0.138. The van der Waals surface area contributed by atoms with Crippen molar-refractivity contribution in [1.82, 2.24) is 26.2 Å². The molecular formula is C22H30F3N5O3. The Labute approximate surface area is 190 Å². The van der Waals surface area contributed by atoms with E-state index in [9.17, 15) is 22.8 Å². The predicted octanol–water partition coefficient (Wildman–Crippen LogP) is 2.50. The van der Waals surface area contributed by atoms with Crippen molar-refractivity contribution in [2.75, 3.05) is 19.6 Å². The van der Waals surface area contributed by atoms with Gasteiger partial charge in [0.2, 0.25) is 0 Å². The molecule has 4 rings (SSSR count). The highest BCUT2D eigenvalue weighted by atomic mass is 19.4. The van der Waals surface area contributed by atoms with Gasteiger partial charge in [-0.25, -0.2) is 9.59 Å². The number of hydrogen-bond donors (Lipinski definition) is 4. The van der Waals surface area contributed by atoms with Crippen molar-refractivity contribution < 1.29 is 27.5 Å². The summed E-state index contributed by atoms with van der Waals surface area (Å²) in [7, 11) is 0. The van der Waals surface area contributed by atoms with Gasteiger partial charge in [-0.15, -0.1) is 0 Å². The maximum Gasteiger partial charge on any atom is 0.416 e. The summed E-state index contributed by atoms with van der Waals surface area (Å²) in [5, 5.41) is 11.3. The van der Waals surface area contributed by atoms with Crippen LogP contribution in [0.3, 0.4) is 0 Å². The maximum atomic E-state index is 13.9. The largest absolute Gasteiger partial charge is 0.416 e. The summed E-state index contributed by atoms with van der Waals surface area (Å²) in [6.07, 6.45) is -4.35. The van der Waals surface area contributed by atoms with Gasteiger partial charge in [-0.05, 0) is 50.9 Å². The van der Waals surface area contributed by atoms with Crippen LogP contribution in [0.1, 0.15) is 49.8 Å². The number of fused-ring (bicyclic) bond motifs is 1. The molecular weight excluding hydrogens is 439 g/mol. The fraction of sp³-hybridized carbons (Fsp3) is 0.636. The maximum absolute atomic E-state index is 13.9. The third-order valence-corrected chi connectivity index (χ3v) is 6.15. The Morgan fingerprint density at radius 2 is 1.94 bits per heavy atom. The number of benzene rings is 1. The van der Waals surface area contributed by atoms with Crippen LogP contribution in [0.2, 0.25) is 0 Å². The molecule has 33 heavy (non-hydrogen) atoms. The Balaban J connectivity index is 1.42. The van der Waals surface area contributed by atoms with Gasteiger partial charge in [-0.1, -0.05) is 12.1 Å². The lowest BCUT2D eigenvalue weighted by Crippen LogP contribution is -2.59. The minimum absolute atomic E-state index is 0.00156. The number of piperidine rings is 1. The van der Waals surface area contributed by atoms with Gasteiger partial charge in [0.1, 0.15) is 6.17 Å². The number of likely N-dealkylation sites (tertiary alicyclic amines) is 1. The van der Waals surface area contributed by atoms with Crippen molar-refractivity contribution in [2.24, 2.45) is 0 Å². The highest BCUT2D eigenvalue weighted by Crippen LogP contribution is 2.37. The Bertz CT molecular complexity index is 912. The lowest BCUT2D eigenvalue weighted by atomic mass is 9.83. The van der Waals surface area contributed by atoms with E-state index in [1.165, 1.54) is 11.0 Å². The normalized spacial score (nSPS) is 25.7. The summed E-state index contributed by atoms with van der Waals surface area (Å²) in [4.78, 5) is 25.6. The van der Waals surface area contributed by atoms with Gasteiger partial charge in [0.05, 0.1) is 36.4 Å². The molecule has 8 nitrogen and oxygen atoms in total. The van der Waals surface area contributed by atoms with Crippen LogP contribution >= 0.6 is 0 Å². The number of hydrogen-bond acceptors (Lipinski definition) is 4. The summed E-state index contributed by atoms with van der Waals surface area (Å²) in [6, 6.07) is 3.15. The third-order valence-electron chi connectivity index (χ3n) is 6.15. The molecule has 182 valence electrons. The summed E-state index contributed by atoms with van der Waals surface area (Å²) >= 11 is 0. The third kappa shape index (κ3) is 5.35. The average molecular weight is 470 g/mol. The number of ether oxygens (including phenoxy) is 1. The Morgan fingerprint density at radius 3 is 2.61 bits per heavy atom. The molecule has 3 heterocycles. The standard InChI is InChI=1S/C22H30F3N5O3/c1-21(2,3)33-14-10-30(11-14)20(32)27-9-13-5-4-12(8-16(13)22(23,24)25)15-6-7-26-18-17(15)28-19(31)29-18/h4-5,8,14-15,17-18,26H,6-7,9-11H2,1-3H3,(H,27,32)(H2,28,29,31). The van der Waals surface area contributed by atoms with Crippen molar-refractivity contribution >= 4 is 12.1 Å². The molecule has 3 unspecified atom stereocenters. The van der Waals surface area contributed by atoms with E-state index < -0.39 is 17.8 Å². The molecule has 11 heteroatoms. The van der Waals surface area contributed by atoms with Crippen LogP contribution < -0.4 is 21.3 Å². The molecule has 0 bridgehead atoms. The fourth-order valence-electron chi connectivity index (χ4n) is 4.67. The fourth-order valence-corrected chi connectivity index (χ4v) is 4.67. The van der Waals surface area contributed by atoms with Crippen LogP contribution in [0.5, 0.6) is 0 Å². The molecule has 3 atom stereocenters. The minimum atomic E-state index is -4.57. The second-order valence-electron chi connectivity index (χ2n) is 9.80. The summed E-state index contributed by atoms with van der Waals surface area (Å²) in [6.45, 7) is 6.96. The number of nitrogens with zero attached hydrogens (tertiary/aromatic N) is 1. The van der Waals surface area contributed by atoms with Crippen LogP contribution in [-0.2, 0) is 17.5 Å². The van der Waals surface area contributed by atoms with E-state index in [0.717, 1.165) is 6.07 Å². The van der Waals surface area contributed by atoms with Crippen LogP contribution in [0.25, 0.3) is 0 Å². The second kappa shape index (κ2) is 8.68. The molecule has 4 amide bonds. The van der Waals surface area contributed by atoms with E-state index in [0.29, 0.717) is 31.6 Å². The van der Waals surface area contributed by atoms with Crippen LogP contribution in [-0.4, -0.2) is 60.5 Å². The van der Waals surface area contributed by atoms with Crippen molar-refractivity contribution in [3.63, 3.8) is 0 Å². The molecule has 0 aromatic heterocycles. The quantitative estimate of drug-likeness (QED) is 0.545. The van der Waals surface area contributed by atoms with Gasteiger partial charge in [-0.2, -0.15) is 13.2 Å². The minimum Gasteiger partial charge on any atom is -0.369 e. The van der Waals surface area contributed by atoms with Gasteiger partial charge in [0, 0.05) is 12.5 Å². The average Bonchev–Trinajstić information content (AvgIpc) is 3.07. The van der Waals surface area contributed by atoms with E-state index in [1.807, 2.05) is 20.8 Å². The molecule has 3 saturated heterocycles. The zero-order chi connectivity index (χ0) is 24.0. The zero-order valence-electron chi connectivity index (χ0n) is 18.9. The zero-order valence-corrected chi connectivity index (χ0v) is 18.9. The van der Waals surface area contributed by atoms with E-state index >= 15 is 0 Å². The monoisotopic (exact) mass is 469 g/mol. The first-order valence-electron chi connectivity index (χ1n) is 11.1. The number of amides is 4. The van der Waals surface area contributed by atoms with Crippen LogP contribution in [0, 0.1) is 0 Å². The first-order chi connectivity index (χ1) is 15.4. The molecule has 0 saturated carbocycles. The molecule has 4 N–H and O–H groups in total. The van der Waals surface area contributed by atoms with E-state index in [2.05, 4.69) is 21.3 Å². The van der Waals surface area contributed by atoms with Gasteiger partial charge in [-0.3, -0.25) is 5.32 Å². The van der Waals surface area contributed by atoms with Crippen molar-refractivity contribution in [3.8, 4) is 0 Å². The number of urea groups is 2. The van der Waals surface area contributed by atoms with E-state index in [-0.39, 0.29) is 48.0 Å². The number of carbonyl (C=O) groups is 2. The Kier molecular flexibility index (Phi) is 6.21. The SMILES string of the molecule is CC(C)(C)OC1CN(C(=O)NCc2ccc(C3CCNC4NC(=O)NC43)cc2C(F)(F)F)C1. The molecule has 3 fully saturated rings. The Morgan fingerprint density at radius 1 is 1.21 bits per heavy atom. The van der Waals surface area contributed by atoms with Gasteiger partial charge < -0.3 is 25.6 Å². The molecule has 1 aromatic carbocycles. The topological polar surface area (TPSA) is 94.7 Å². The first kappa shape index (κ1) is 23.6. The highest BCUT2D eigenvalue weighted by Gasteiger charge is 2.42. The number of halogens is 3. The number of rotatable bonds is 4. The van der Waals surface area contributed by atoms with Gasteiger partial charge >= 0.3 is 18.2 Å². The number of carbonyl (C=O) groups excluding carboxylic acids is 2.